The van der Waals surface area contributed by atoms with Crippen LogP contribution in [0.1, 0.15) is 20.8 Å². The summed E-state index contributed by atoms with van der Waals surface area (Å²) in [5.41, 5.74) is 6.96. The van der Waals surface area contributed by atoms with E-state index >= 15 is 0 Å². The molecular formula is C7H13NO. The van der Waals surface area contributed by atoms with E-state index in [9.17, 15) is 4.79 Å². The Morgan fingerprint density at radius 2 is 1.78 bits per heavy atom. The second-order valence-electron chi connectivity index (χ2n) is 2.25. The van der Waals surface area contributed by atoms with Crippen molar-refractivity contribution in [3.8, 4) is 0 Å². The van der Waals surface area contributed by atoms with Gasteiger partial charge < -0.3 is 5.73 Å². The lowest BCUT2D eigenvalue weighted by Gasteiger charge is -1.97. The molecule has 9 heavy (non-hydrogen) atoms. The van der Waals surface area contributed by atoms with Gasteiger partial charge in [0.05, 0.1) is 6.54 Å². The van der Waals surface area contributed by atoms with E-state index in [1.165, 1.54) is 0 Å². The Morgan fingerprint density at radius 3 is 1.89 bits per heavy atom. The molecule has 2 heteroatoms. The number of nitrogens with two attached hydrogens (primary N) is 1. The number of ketones is 1. The van der Waals surface area contributed by atoms with Gasteiger partial charge in [-0.2, -0.15) is 0 Å². The molecule has 0 aliphatic rings. The van der Waals surface area contributed by atoms with Crippen LogP contribution in [0.15, 0.2) is 11.1 Å². The predicted octanol–water partition coefficient (Wildman–Crippen LogP) is 0.871. The topological polar surface area (TPSA) is 43.1 Å². The average molecular weight is 127 g/mol. The lowest BCUT2D eigenvalue weighted by atomic mass is 10.1. The van der Waals surface area contributed by atoms with Crippen LogP contribution in [0.25, 0.3) is 0 Å². The van der Waals surface area contributed by atoms with Crippen LogP contribution in [0.4, 0.5) is 0 Å². The molecule has 0 atom stereocenters. The third-order valence-electron chi connectivity index (χ3n) is 1.35. The summed E-state index contributed by atoms with van der Waals surface area (Å²) in [5, 5.41) is 0. The molecule has 0 aromatic carbocycles. The number of hydrogen-bond donors (Lipinski definition) is 1. The van der Waals surface area contributed by atoms with Gasteiger partial charge in [0.15, 0.2) is 5.78 Å². The van der Waals surface area contributed by atoms with Gasteiger partial charge in [-0.1, -0.05) is 5.57 Å². The number of Topliss-reactive ketones (excluding diaryl/α,β-unsaturated/α-hetero) is 1. The highest BCUT2D eigenvalue weighted by Crippen LogP contribution is 2.01. The first kappa shape index (κ1) is 8.37. The van der Waals surface area contributed by atoms with Crippen LogP contribution in [-0.4, -0.2) is 12.3 Å². The molecule has 0 aliphatic heterocycles. The molecular weight excluding hydrogens is 114 g/mol. The summed E-state index contributed by atoms with van der Waals surface area (Å²) in [6.45, 7) is 5.73. The van der Waals surface area contributed by atoms with Crippen molar-refractivity contribution in [1.82, 2.24) is 0 Å². The number of hydrogen-bond acceptors (Lipinski definition) is 2. The quantitative estimate of drug-likeness (QED) is 0.559. The molecule has 2 N–H and O–H groups in total. The van der Waals surface area contributed by atoms with Gasteiger partial charge in [0.25, 0.3) is 0 Å². The summed E-state index contributed by atoms with van der Waals surface area (Å²) in [6, 6.07) is 0. The zero-order valence-electron chi connectivity index (χ0n) is 6.19. The van der Waals surface area contributed by atoms with Crippen molar-refractivity contribution in [2.45, 2.75) is 20.8 Å². The maximum Gasteiger partial charge on any atom is 0.172 e. The van der Waals surface area contributed by atoms with Gasteiger partial charge in [0, 0.05) is 0 Å². The molecule has 0 saturated carbocycles. The number of allylic oxidation sites excluding steroid dienone is 1. The molecule has 0 bridgehead atoms. The fourth-order valence-corrected chi connectivity index (χ4v) is 0.432. The van der Waals surface area contributed by atoms with Crippen LogP contribution in [0.5, 0.6) is 0 Å². The highest BCUT2D eigenvalue weighted by atomic mass is 16.1. The zero-order chi connectivity index (χ0) is 7.44. The van der Waals surface area contributed by atoms with Crippen LogP contribution < -0.4 is 5.73 Å². The second-order valence-corrected chi connectivity index (χ2v) is 2.25. The summed E-state index contributed by atoms with van der Waals surface area (Å²) in [7, 11) is 0. The van der Waals surface area contributed by atoms with E-state index in [0.717, 1.165) is 11.1 Å². The standard InChI is InChI=1S/C7H13NO/c1-5(2)6(3)7(9)4-8/h4,8H2,1-3H3. The normalized spacial score (nSPS) is 8.89. The minimum absolute atomic E-state index is 0.0370. The first-order chi connectivity index (χ1) is 4.09. The Kier molecular flexibility index (Phi) is 3.17. The maximum absolute atomic E-state index is 10.8. The smallest absolute Gasteiger partial charge is 0.172 e. The van der Waals surface area contributed by atoms with Crippen molar-refractivity contribution < 1.29 is 4.79 Å². The Balaban J connectivity index is 4.21. The number of rotatable bonds is 2. The Morgan fingerprint density at radius 1 is 1.33 bits per heavy atom. The fourth-order valence-electron chi connectivity index (χ4n) is 0.432. The summed E-state index contributed by atoms with van der Waals surface area (Å²) < 4.78 is 0. The lowest BCUT2D eigenvalue weighted by Crippen LogP contribution is -2.14. The van der Waals surface area contributed by atoms with Gasteiger partial charge in [-0.25, -0.2) is 0 Å². The molecule has 0 unspecified atom stereocenters. The molecule has 0 spiro atoms. The minimum Gasteiger partial charge on any atom is -0.324 e. The van der Waals surface area contributed by atoms with Crippen LogP contribution in [0, 0.1) is 0 Å². The molecule has 0 radical (unpaired) electrons. The van der Waals surface area contributed by atoms with E-state index in [0.29, 0.717) is 0 Å². The molecule has 0 aromatic heterocycles. The fraction of sp³-hybridized carbons (Fsp3) is 0.571. The lowest BCUT2D eigenvalue weighted by molar-refractivity contribution is -0.114. The van der Waals surface area contributed by atoms with Gasteiger partial charge in [-0.15, -0.1) is 0 Å². The van der Waals surface area contributed by atoms with Gasteiger partial charge in [-0.05, 0) is 26.3 Å². The van der Waals surface area contributed by atoms with Crippen molar-refractivity contribution in [3.05, 3.63) is 11.1 Å². The monoisotopic (exact) mass is 127 g/mol. The molecule has 0 fully saturated rings. The summed E-state index contributed by atoms with van der Waals surface area (Å²) in [4.78, 5) is 10.8. The van der Waals surface area contributed by atoms with Crippen molar-refractivity contribution >= 4 is 5.78 Å². The summed E-state index contributed by atoms with van der Waals surface area (Å²) in [6.07, 6.45) is 0. The minimum atomic E-state index is 0.0370. The van der Waals surface area contributed by atoms with Crippen molar-refractivity contribution in [2.24, 2.45) is 5.73 Å². The Bertz CT molecular complexity index is 143. The third-order valence-corrected chi connectivity index (χ3v) is 1.35. The van der Waals surface area contributed by atoms with Crippen LogP contribution >= 0.6 is 0 Å². The first-order valence-electron chi connectivity index (χ1n) is 2.97. The molecule has 0 aromatic rings. The van der Waals surface area contributed by atoms with Gasteiger partial charge in [-0.3, -0.25) is 4.79 Å². The van der Waals surface area contributed by atoms with Crippen molar-refractivity contribution in [3.63, 3.8) is 0 Å². The molecule has 0 aliphatic carbocycles. The molecule has 0 amide bonds. The van der Waals surface area contributed by atoms with E-state index in [2.05, 4.69) is 0 Å². The molecule has 0 heterocycles. The SMILES string of the molecule is CC(C)=C(C)C(=O)CN. The van der Waals surface area contributed by atoms with Gasteiger partial charge >= 0.3 is 0 Å². The largest absolute Gasteiger partial charge is 0.324 e. The maximum atomic E-state index is 10.8. The van der Waals surface area contributed by atoms with E-state index in [4.69, 9.17) is 5.73 Å². The van der Waals surface area contributed by atoms with E-state index in [1.54, 1.807) is 6.92 Å². The van der Waals surface area contributed by atoms with Crippen molar-refractivity contribution in [2.75, 3.05) is 6.54 Å². The average Bonchev–Trinajstić information content (AvgIpc) is 1.84. The van der Waals surface area contributed by atoms with Gasteiger partial charge in [0.2, 0.25) is 0 Å². The van der Waals surface area contributed by atoms with Crippen molar-refractivity contribution in [1.29, 1.82) is 0 Å². The summed E-state index contributed by atoms with van der Waals surface area (Å²) in [5.74, 6) is 0.0370. The third kappa shape index (κ3) is 2.42. The van der Waals surface area contributed by atoms with E-state index in [1.807, 2.05) is 13.8 Å². The van der Waals surface area contributed by atoms with Crippen LogP contribution in [0.3, 0.4) is 0 Å². The van der Waals surface area contributed by atoms with E-state index in [-0.39, 0.29) is 12.3 Å². The number of carbonyl (C=O) groups is 1. The first-order valence-corrected chi connectivity index (χ1v) is 2.97. The summed E-state index contributed by atoms with van der Waals surface area (Å²) >= 11 is 0. The molecule has 2 nitrogen and oxygen atoms in total. The van der Waals surface area contributed by atoms with Crippen LogP contribution in [-0.2, 0) is 4.79 Å². The van der Waals surface area contributed by atoms with E-state index < -0.39 is 0 Å². The second kappa shape index (κ2) is 3.41. The Hall–Kier alpha value is -0.630. The zero-order valence-corrected chi connectivity index (χ0v) is 6.19. The number of carbonyl (C=O) groups excluding carboxylic acids is 1. The molecule has 0 rings (SSSR count). The highest BCUT2D eigenvalue weighted by Gasteiger charge is 2.00. The predicted molar refractivity (Wildman–Crippen MR) is 38.1 cm³/mol. The molecule has 0 saturated heterocycles. The van der Waals surface area contributed by atoms with Crippen LogP contribution in [0.2, 0.25) is 0 Å². The Labute approximate surface area is 55.7 Å². The highest BCUT2D eigenvalue weighted by molar-refractivity contribution is 5.96. The van der Waals surface area contributed by atoms with Gasteiger partial charge in [0.1, 0.15) is 0 Å². The molecule has 52 valence electrons.